The summed E-state index contributed by atoms with van der Waals surface area (Å²) in [5.41, 5.74) is 2.01. The summed E-state index contributed by atoms with van der Waals surface area (Å²) in [6, 6.07) is 6.17. The van der Waals surface area contributed by atoms with Gasteiger partial charge in [-0.05, 0) is 36.2 Å². The van der Waals surface area contributed by atoms with Gasteiger partial charge in [-0.3, -0.25) is 19.3 Å². The Morgan fingerprint density at radius 3 is 2.63 bits per heavy atom. The third-order valence-electron chi connectivity index (χ3n) is 5.44. The van der Waals surface area contributed by atoms with Crippen LogP contribution in [0.3, 0.4) is 0 Å². The zero-order chi connectivity index (χ0) is 21.4. The van der Waals surface area contributed by atoms with Crippen molar-refractivity contribution in [3.05, 3.63) is 45.8 Å². The van der Waals surface area contributed by atoms with E-state index >= 15 is 0 Å². The molecule has 0 atom stereocenters. The lowest BCUT2D eigenvalue weighted by molar-refractivity contribution is -0.119. The molecule has 2 aliphatic heterocycles. The van der Waals surface area contributed by atoms with Gasteiger partial charge in [0.25, 0.3) is 11.8 Å². The maximum atomic E-state index is 13.0. The summed E-state index contributed by atoms with van der Waals surface area (Å²) in [5.74, 6) is -0.315. The van der Waals surface area contributed by atoms with Gasteiger partial charge in [0.15, 0.2) is 0 Å². The molecule has 1 aromatic carbocycles. The second-order valence-electron chi connectivity index (χ2n) is 7.41. The number of hydrogen-bond donors (Lipinski definition) is 1. The first-order valence-electron chi connectivity index (χ1n) is 9.68. The molecule has 0 spiro atoms. The molecule has 0 radical (unpaired) electrons. The van der Waals surface area contributed by atoms with Crippen LogP contribution in [0.5, 0.6) is 5.75 Å². The van der Waals surface area contributed by atoms with Crippen LogP contribution in [0.4, 0.5) is 5.00 Å². The molecule has 2 aromatic rings. The molecule has 4 rings (SSSR count). The van der Waals surface area contributed by atoms with Crippen molar-refractivity contribution in [3.8, 4) is 5.75 Å². The Morgan fingerprint density at radius 1 is 1.20 bits per heavy atom. The van der Waals surface area contributed by atoms with E-state index < -0.39 is 0 Å². The van der Waals surface area contributed by atoms with Gasteiger partial charge < -0.3 is 19.6 Å². The van der Waals surface area contributed by atoms with E-state index in [-0.39, 0.29) is 30.0 Å². The van der Waals surface area contributed by atoms with E-state index in [2.05, 4.69) is 0 Å². The SMILES string of the molecule is COCCN1C(=O)CN(C)C(=O)c2c1sc1c2CCN(C(=O)c2ccc(O)cc2)C1. The average Bonchev–Trinajstić information content (AvgIpc) is 3.07. The first-order chi connectivity index (χ1) is 14.4. The highest BCUT2D eigenvalue weighted by Crippen LogP contribution is 2.41. The predicted molar refractivity (Wildman–Crippen MR) is 112 cm³/mol. The Balaban J connectivity index is 1.67. The van der Waals surface area contributed by atoms with Gasteiger partial charge in [-0.1, -0.05) is 0 Å². The molecular weight excluding hydrogens is 406 g/mol. The summed E-state index contributed by atoms with van der Waals surface area (Å²) in [7, 11) is 3.21. The number of fused-ring (bicyclic) bond motifs is 3. The predicted octanol–water partition coefficient (Wildman–Crippen LogP) is 1.72. The molecule has 3 amide bonds. The number of thiophene rings is 1. The molecule has 3 heterocycles. The zero-order valence-corrected chi connectivity index (χ0v) is 17.7. The van der Waals surface area contributed by atoms with Crippen LogP contribution < -0.4 is 4.90 Å². The van der Waals surface area contributed by atoms with Crippen molar-refractivity contribution >= 4 is 34.1 Å². The quantitative estimate of drug-likeness (QED) is 0.799. The van der Waals surface area contributed by atoms with Gasteiger partial charge in [0, 0.05) is 31.1 Å². The van der Waals surface area contributed by atoms with E-state index in [1.165, 1.54) is 28.4 Å². The minimum Gasteiger partial charge on any atom is -0.508 e. The number of benzene rings is 1. The Kier molecular flexibility index (Phi) is 5.48. The van der Waals surface area contributed by atoms with Gasteiger partial charge in [0.2, 0.25) is 5.91 Å². The molecule has 8 nitrogen and oxygen atoms in total. The first-order valence-corrected chi connectivity index (χ1v) is 10.5. The van der Waals surface area contributed by atoms with Crippen molar-refractivity contribution in [3.63, 3.8) is 0 Å². The van der Waals surface area contributed by atoms with E-state index in [0.717, 1.165) is 10.4 Å². The van der Waals surface area contributed by atoms with E-state index in [1.807, 2.05) is 0 Å². The standard InChI is InChI=1S/C21H23N3O5S/c1-22-12-17(26)24(9-10-29-2)21-18(20(22)28)15-7-8-23(11-16(15)30-21)19(27)13-3-5-14(25)6-4-13/h3-6,25H,7-12H2,1-2H3. The van der Waals surface area contributed by atoms with Crippen molar-refractivity contribution < 1.29 is 24.2 Å². The van der Waals surface area contributed by atoms with Gasteiger partial charge in [0.05, 0.1) is 25.3 Å². The fraction of sp³-hybridized carbons (Fsp3) is 0.381. The molecule has 0 bridgehead atoms. The molecule has 30 heavy (non-hydrogen) atoms. The number of likely N-dealkylation sites (N-methyl/N-ethyl adjacent to an activating group) is 1. The number of anilines is 1. The maximum Gasteiger partial charge on any atom is 0.257 e. The van der Waals surface area contributed by atoms with E-state index in [1.54, 1.807) is 36.1 Å². The van der Waals surface area contributed by atoms with Gasteiger partial charge in [-0.25, -0.2) is 0 Å². The van der Waals surface area contributed by atoms with Crippen molar-refractivity contribution in [1.82, 2.24) is 9.80 Å². The highest BCUT2D eigenvalue weighted by atomic mass is 32.1. The van der Waals surface area contributed by atoms with Crippen LogP contribution in [0.1, 0.15) is 31.2 Å². The summed E-state index contributed by atoms with van der Waals surface area (Å²) >= 11 is 1.41. The van der Waals surface area contributed by atoms with Crippen molar-refractivity contribution in [2.45, 2.75) is 13.0 Å². The third-order valence-corrected chi connectivity index (χ3v) is 6.68. The Morgan fingerprint density at radius 2 is 1.93 bits per heavy atom. The average molecular weight is 429 g/mol. The van der Waals surface area contributed by atoms with Gasteiger partial charge >= 0.3 is 0 Å². The largest absolute Gasteiger partial charge is 0.508 e. The third kappa shape index (κ3) is 3.54. The Hall–Kier alpha value is -2.91. The number of methoxy groups -OCH3 is 1. The number of rotatable bonds is 4. The monoisotopic (exact) mass is 429 g/mol. The lowest BCUT2D eigenvalue weighted by Gasteiger charge is -2.27. The molecule has 1 N–H and O–H groups in total. The minimum atomic E-state index is -0.158. The molecule has 0 fully saturated rings. The van der Waals surface area contributed by atoms with Gasteiger partial charge in [0.1, 0.15) is 17.3 Å². The van der Waals surface area contributed by atoms with Crippen LogP contribution in [0.15, 0.2) is 24.3 Å². The lowest BCUT2D eigenvalue weighted by atomic mass is 10.0. The fourth-order valence-corrected chi connectivity index (χ4v) is 5.23. The number of aromatic hydroxyl groups is 1. The second kappa shape index (κ2) is 8.08. The van der Waals surface area contributed by atoms with Crippen LogP contribution in [0.2, 0.25) is 0 Å². The molecule has 0 saturated carbocycles. The van der Waals surface area contributed by atoms with Crippen LogP contribution in [0, 0.1) is 0 Å². The summed E-state index contributed by atoms with van der Waals surface area (Å²) in [4.78, 5) is 44.4. The Labute approximate surface area is 178 Å². The second-order valence-corrected chi connectivity index (χ2v) is 8.49. The van der Waals surface area contributed by atoms with Crippen LogP contribution >= 0.6 is 11.3 Å². The lowest BCUT2D eigenvalue weighted by Crippen LogP contribution is -2.39. The molecular formula is C21H23N3O5S. The normalized spacial score (nSPS) is 16.4. The van der Waals surface area contributed by atoms with Crippen LogP contribution in [-0.4, -0.2) is 73.0 Å². The maximum absolute atomic E-state index is 13.0. The van der Waals surface area contributed by atoms with E-state index in [9.17, 15) is 19.5 Å². The summed E-state index contributed by atoms with van der Waals surface area (Å²) in [6.45, 7) is 1.65. The van der Waals surface area contributed by atoms with Crippen LogP contribution in [-0.2, 0) is 22.5 Å². The number of phenolic OH excluding ortho intramolecular Hbond substituents is 1. The summed E-state index contributed by atoms with van der Waals surface area (Å²) < 4.78 is 5.15. The van der Waals surface area contributed by atoms with Crippen molar-refractivity contribution in [2.75, 3.05) is 45.3 Å². The fourth-order valence-electron chi connectivity index (χ4n) is 3.83. The molecule has 1 aromatic heterocycles. The number of phenols is 1. The molecule has 0 aliphatic carbocycles. The molecule has 2 aliphatic rings. The highest BCUT2D eigenvalue weighted by molar-refractivity contribution is 7.17. The number of hydrogen-bond acceptors (Lipinski definition) is 6. The van der Waals surface area contributed by atoms with Crippen molar-refractivity contribution in [1.29, 1.82) is 0 Å². The highest BCUT2D eigenvalue weighted by Gasteiger charge is 2.37. The van der Waals surface area contributed by atoms with Crippen LogP contribution in [0.25, 0.3) is 0 Å². The minimum absolute atomic E-state index is 0.0319. The van der Waals surface area contributed by atoms with Gasteiger partial charge in [-0.2, -0.15) is 0 Å². The molecule has 9 heteroatoms. The van der Waals surface area contributed by atoms with Gasteiger partial charge in [-0.15, -0.1) is 11.3 Å². The smallest absolute Gasteiger partial charge is 0.257 e. The van der Waals surface area contributed by atoms with Crippen molar-refractivity contribution in [2.24, 2.45) is 0 Å². The number of amides is 3. The number of carbonyl (C=O) groups excluding carboxylic acids is 3. The summed E-state index contributed by atoms with van der Waals surface area (Å²) in [6.07, 6.45) is 0.552. The van der Waals surface area contributed by atoms with E-state index in [0.29, 0.717) is 48.8 Å². The molecule has 0 saturated heterocycles. The molecule has 158 valence electrons. The van der Waals surface area contributed by atoms with E-state index in [4.69, 9.17) is 4.74 Å². The zero-order valence-electron chi connectivity index (χ0n) is 16.9. The molecule has 0 unspecified atom stereocenters. The number of nitrogens with zero attached hydrogens (tertiary/aromatic N) is 3. The first kappa shape index (κ1) is 20.4. The topological polar surface area (TPSA) is 90.4 Å². The Bertz CT molecular complexity index is 1000. The number of ether oxygens (including phenoxy) is 1. The number of carbonyl (C=O) groups is 3. The summed E-state index contributed by atoms with van der Waals surface area (Å²) in [5, 5.41) is 10.1.